The second kappa shape index (κ2) is 10.5. The summed E-state index contributed by atoms with van der Waals surface area (Å²) in [6.07, 6.45) is 0. The van der Waals surface area contributed by atoms with Gasteiger partial charge in [0.05, 0.1) is 18.9 Å². The minimum atomic E-state index is 0. The number of benzene rings is 1. The van der Waals surface area contributed by atoms with E-state index >= 15 is 0 Å². The van der Waals surface area contributed by atoms with Crippen molar-refractivity contribution in [3.63, 3.8) is 0 Å². The highest BCUT2D eigenvalue weighted by molar-refractivity contribution is 14.0. The SMILES string of the molecule is CCOc1ccc(OCC)c(NC(N)=NCC(C)C)c1.I. The zero-order valence-corrected chi connectivity index (χ0v) is 15.5. The number of anilines is 1. The topological polar surface area (TPSA) is 68.9 Å². The zero-order valence-electron chi connectivity index (χ0n) is 13.2. The highest BCUT2D eigenvalue weighted by Gasteiger charge is 2.07. The average molecular weight is 407 g/mol. The molecule has 0 unspecified atom stereocenters. The maximum atomic E-state index is 5.89. The Morgan fingerprint density at radius 2 is 1.90 bits per heavy atom. The fraction of sp³-hybridized carbons (Fsp3) is 0.533. The lowest BCUT2D eigenvalue weighted by Crippen LogP contribution is -2.23. The quantitative estimate of drug-likeness (QED) is 0.413. The zero-order chi connectivity index (χ0) is 15.0. The molecule has 0 bridgehead atoms. The molecular formula is C15H26IN3O2. The first-order chi connectivity index (χ1) is 9.56. The number of rotatable bonds is 7. The molecule has 0 aliphatic rings. The minimum Gasteiger partial charge on any atom is -0.494 e. The van der Waals surface area contributed by atoms with Crippen LogP contribution in [0.1, 0.15) is 27.7 Å². The van der Waals surface area contributed by atoms with Crippen LogP contribution in [-0.4, -0.2) is 25.7 Å². The number of nitrogens with two attached hydrogens (primary N) is 1. The van der Waals surface area contributed by atoms with Crippen molar-refractivity contribution in [2.45, 2.75) is 27.7 Å². The monoisotopic (exact) mass is 407 g/mol. The van der Waals surface area contributed by atoms with Gasteiger partial charge in [-0.1, -0.05) is 13.8 Å². The summed E-state index contributed by atoms with van der Waals surface area (Å²) < 4.78 is 11.1. The van der Waals surface area contributed by atoms with Crippen molar-refractivity contribution in [3.8, 4) is 11.5 Å². The number of guanidine groups is 1. The summed E-state index contributed by atoms with van der Waals surface area (Å²) in [6.45, 7) is 9.97. The Morgan fingerprint density at radius 3 is 2.48 bits per heavy atom. The van der Waals surface area contributed by atoms with E-state index < -0.39 is 0 Å². The van der Waals surface area contributed by atoms with Crippen LogP contribution >= 0.6 is 24.0 Å². The Labute approximate surface area is 144 Å². The van der Waals surface area contributed by atoms with Gasteiger partial charge in [-0.3, -0.25) is 4.99 Å². The number of nitrogens with one attached hydrogen (secondary N) is 1. The van der Waals surface area contributed by atoms with Crippen LogP contribution in [0.5, 0.6) is 11.5 Å². The van der Waals surface area contributed by atoms with Crippen LogP contribution in [-0.2, 0) is 0 Å². The molecule has 120 valence electrons. The van der Waals surface area contributed by atoms with E-state index in [0.717, 1.165) is 17.2 Å². The fourth-order valence-corrected chi connectivity index (χ4v) is 1.60. The summed E-state index contributed by atoms with van der Waals surface area (Å²) in [5.41, 5.74) is 6.65. The Morgan fingerprint density at radius 1 is 1.24 bits per heavy atom. The molecule has 1 aromatic carbocycles. The molecule has 1 rings (SSSR count). The average Bonchev–Trinajstić information content (AvgIpc) is 2.40. The van der Waals surface area contributed by atoms with E-state index in [1.54, 1.807) is 0 Å². The van der Waals surface area contributed by atoms with Gasteiger partial charge in [0.25, 0.3) is 0 Å². The Hall–Kier alpha value is -1.18. The summed E-state index contributed by atoms with van der Waals surface area (Å²) in [5, 5.41) is 3.07. The molecule has 0 fully saturated rings. The van der Waals surface area contributed by atoms with E-state index in [0.29, 0.717) is 31.6 Å². The van der Waals surface area contributed by atoms with Crippen molar-refractivity contribution in [2.75, 3.05) is 25.1 Å². The van der Waals surface area contributed by atoms with Crippen molar-refractivity contribution >= 4 is 35.6 Å². The number of hydrogen-bond acceptors (Lipinski definition) is 3. The predicted molar refractivity (Wildman–Crippen MR) is 99.1 cm³/mol. The lowest BCUT2D eigenvalue weighted by Gasteiger charge is -2.14. The van der Waals surface area contributed by atoms with E-state index in [2.05, 4.69) is 24.2 Å². The summed E-state index contributed by atoms with van der Waals surface area (Å²) in [5.74, 6) is 2.36. The molecule has 0 saturated carbocycles. The van der Waals surface area contributed by atoms with Gasteiger partial charge in [0.15, 0.2) is 5.96 Å². The van der Waals surface area contributed by atoms with Gasteiger partial charge >= 0.3 is 0 Å². The molecule has 21 heavy (non-hydrogen) atoms. The standard InChI is InChI=1S/C15H25N3O2.HI/c1-5-19-12-7-8-14(20-6-2)13(9-12)18-15(16)17-10-11(3)4;/h7-9,11H,5-6,10H2,1-4H3,(H3,16,17,18);1H. The number of hydrogen-bond donors (Lipinski definition) is 2. The van der Waals surface area contributed by atoms with E-state index in [4.69, 9.17) is 15.2 Å². The molecule has 0 saturated heterocycles. The van der Waals surface area contributed by atoms with Gasteiger partial charge in [-0.05, 0) is 31.9 Å². The number of nitrogens with zero attached hydrogens (tertiary/aromatic N) is 1. The van der Waals surface area contributed by atoms with Crippen molar-refractivity contribution in [2.24, 2.45) is 16.6 Å². The molecule has 1 aromatic rings. The maximum absolute atomic E-state index is 5.89. The van der Waals surface area contributed by atoms with Crippen LogP contribution in [0.15, 0.2) is 23.2 Å². The van der Waals surface area contributed by atoms with Gasteiger partial charge in [0.2, 0.25) is 0 Å². The maximum Gasteiger partial charge on any atom is 0.193 e. The van der Waals surface area contributed by atoms with Crippen molar-refractivity contribution in [1.82, 2.24) is 0 Å². The molecule has 6 heteroatoms. The Kier molecular flexibility index (Phi) is 9.94. The number of halogens is 1. The number of aliphatic imine (C=N–C) groups is 1. The molecule has 5 nitrogen and oxygen atoms in total. The van der Waals surface area contributed by atoms with E-state index in [1.165, 1.54) is 0 Å². The molecule has 0 heterocycles. The third-order valence-corrected chi connectivity index (χ3v) is 2.45. The number of ether oxygens (including phenoxy) is 2. The third-order valence-electron chi connectivity index (χ3n) is 2.45. The van der Waals surface area contributed by atoms with Gasteiger partial charge in [-0.2, -0.15) is 0 Å². The van der Waals surface area contributed by atoms with Gasteiger partial charge in [-0.15, -0.1) is 24.0 Å². The van der Waals surface area contributed by atoms with Crippen molar-refractivity contribution in [1.29, 1.82) is 0 Å². The second-order valence-electron chi connectivity index (χ2n) is 4.77. The molecule has 0 aliphatic carbocycles. The van der Waals surface area contributed by atoms with Gasteiger partial charge < -0.3 is 20.5 Å². The van der Waals surface area contributed by atoms with Crippen molar-refractivity contribution < 1.29 is 9.47 Å². The predicted octanol–water partition coefficient (Wildman–Crippen LogP) is 3.48. The second-order valence-corrected chi connectivity index (χ2v) is 4.77. The van der Waals surface area contributed by atoms with Crippen LogP contribution < -0.4 is 20.5 Å². The van der Waals surface area contributed by atoms with E-state index in [9.17, 15) is 0 Å². The van der Waals surface area contributed by atoms with Crippen LogP contribution in [0.4, 0.5) is 5.69 Å². The summed E-state index contributed by atoms with van der Waals surface area (Å²) in [4.78, 5) is 4.28. The molecule has 0 amide bonds. The summed E-state index contributed by atoms with van der Waals surface area (Å²) in [7, 11) is 0. The van der Waals surface area contributed by atoms with E-state index in [1.807, 2.05) is 32.0 Å². The molecule has 0 radical (unpaired) electrons. The smallest absolute Gasteiger partial charge is 0.193 e. The van der Waals surface area contributed by atoms with Crippen LogP contribution in [0.2, 0.25) is 0 Å². The summed E-state index contributed by atoms with van der Waals surface area (Å²) in [6, 6.07) is 5.61. The van der Waals surface area contributed by atoms with E-state index in [-0.39, 0.29) is 24.0 Å². The first-order valence-corrected chi connectivity index (χ1v) is 7.03. The van der Waals surface area contributed by atoms with Gasteiger partial charge in [-0.25, -0.2) is 0 Å². The first kappa shape index (κ1) is 19.8. The molecule has 0 spiro atoms. The normalized spacial score (nSPS) is 11.0. The van der Waals surface area contributed by atoms with Crippen LogP contribution in [0.3, 0.4) is 0 Å². The highest BCUT2D eigenvalue weighted by Crippen LogP contribution is 2.29. The molecule has 0 aromatic heterocycles. The molecular weight excluding hydrogens is 381 g/mol. The minimum absolute atomic E-state index is 0. The molecule has 3 N–H and O–H groups in total. The summed E-state index contributed by atoms with van der Waals surface area (Å²) >= 11 is 0. The first-order valence-electron chi connectivity index (χ1n) is 7.03. The largest absolute Gasteiger partial charge is 0.494 e. The highest BCUT2D eigenvalue weighted by atomic mass is 127. The lowest BCUT2D eigenvalue weighted by molar-refractivity contribution is 0.332. The van der Waals surface area contributed by atoms with Crippen molar-refractivity contribution in [3.05, 3.63) is 18.2 Å². The van der Waals surface area contributed by atoms with Crippen LogP contribution in [0, 0.1) is 5.92 Å². The fourth-order valence-electron chi connectivity index (χ4n) is 1.60. The van der Waals surface area contributed by atoms with Gasteiger partial charge in [0.1, 0.15) is 11.5 Å². The Balaban J connectivity index is 0.00000400. The third kappa shape index (κ3) is 7.40. The molecule has 0 atom stereocenters. The van der Waals surface area contributed by atoms with Gasteiger partial charge in [0, 0.05) is 12.6 Å². The van der Waals surface area contributed by atoms with Crippen LogP contribution in [0.25, 0.3) is 0 Å². The molecule has 0 aliphatic heterocycles. The Bertz CT molecular complexity index is 451. The lowest BCUT2D eigenvalue weighted by atomic mass is 10.2.